The molecule has 0 aliphatic carbocycles. The van der Waals surface area contributed by atoms with E-state index in [2.05, 4.69) is 70.2 Å². The molecule has 2 nitrogen and oxygen atoms in total. The van der Waals surface area contributed by atoms with Crippen LogP contribution in [-0.2, 0) is 0 Å². The van der Waals surface area contributed by atoms with Gasteiger partial charge in [-0.05, 0) is 58.4 Å². The molecule has 1 aliphatic heterocycles. The highest BCUT2D eigenvalue weighted by molar-refractivity contribution is 5.81. The third-order valence-corrected chi connectivity index (χ3v) is 5.17. The molecule has 1 aliphatic rings. The van der Waals surface area contributed by atoms with Crippen molar-refractivity contribution in [1.82, 2.24) is 0 Å². The maximum absolute atomic E-state index is 6.19. The number of benzene rings is 3. The summed E-state index contributed by atoms with van der Waals surface area (Å²) in [5, 5.41) is 0. The molecule has 0 saturated carbocycles. The van der Waals surface area contributed by atoms with Gasteiger partial charge in [0.15, 0.2) is 0 Å². The molecule has 0 bridgehead atoms. The van der Waals surface area contributed by atoms with E-state index in [1.54, 1.807) is 0 Å². The van der Waals surface area contributed by atoms with E-state index >= 15 is 0 Å². The molecular weight excluding hydrogens is 344 g/mol. The first-order chi connectivity index (χ1) is 13.5. The van der Waals surface area contributed by atoms with Gasteiger partial charge in [-0.25, -0.2) is 0 Å². The Bertz CT molecular complexity index is 1010. The second-order valence-electron chi connectivity index (χ2n) is 7.89. The van der Waals surface area contributed by atoms with Crippen molar-refractivity contribution in [3.63, 3.8) is 0 Å². The fourth-order valence-corrected chi connectivity index (χ4v) is 3.43. The Balaban J connectivity index is 1.72. The first kappa shape index (κ1) is 18.4. The molecule has 0 saturated heterocycles. The van der Waals surface area contributed by atoms with Crippen molar-refractivity contribution in [2.75, 3.05) is 0 Å². The van der Waals surface area contributed by atoms with Crippen molar-refractivity contribution < 1.29 is 9.47 Å². The molecule has 1 heterocycles. The maximum atomic E-state index is 6.19. The number of hydrogen-bond donors (Lipinski definition) is 0. The molecule has 4 rings (SSSR count). The van der Waals surface area contributed by atoms with Crippen LogP contribution in [0.3, 0.4) is 0 Å². The van der Waals surface area contributed by atoms with Gasteiger partial charge in [-0.3, -0.25) is 0 Å². The highest BCUT2D eigenvalue weighted by Crippen LogP contribution is 2.39. The van der Waals surface area contributed by atoms with Crippen molar-refractivity contribution in [2.24, 2.45) is 0 Å². The second-order valence-corrected chi connectivity index (χ2v) is 7.89. The van der Waals surface area contributed by atoms with Crippen LogP contribution in [0.1, 0.15) is 56.2 Å². The van der Waals surface area contributed by atoms with Gasteiger partial charge >= 0.3 is 0 Å². The molecule has 0 amide bonds. The van der Waals surface area contributed by atoms with Gasteiger partial charge in [0.2, 0.25) is 0 Å². The summed E-state index contributed by atoms with van der Waals surface area (Å²) in [7, 11) is 0. The Labute approximate surface area is 167 Å². The van der Waals surface area contributed by atoms with Crippen LogP contribution in [0.5, 0.6) is 11.5 Å². The molecule has 142 valence electrons. The quantitative estimate of drug-likeness (QED) is 0.477. The zero-order valence-corrected chi connectivity index (χ0v) is 16.9. The minimum Gasteiger partial charge on any atom is -0.426 e. The van der Waals surface area contributed by atoms with Crippen LogP contribution in [0.2, 0.25) is 0 Å². The van der Waals surface area contributed by atoms with E-state index in [0.29, 0.717) is 17.8 Å². The average molecular weight is 370 g/mol. The van der Waals surface area contributed by atoms with E-state index in [0.717, 1.165) is 28.2 Å². The predicted molar refractivity (Wildman–Crippen MR) is 116 cm³/mol. The van der Waals surface area contributed by atoms with Crippen molar-refractivity contribution >= 4 is 6.08 Å². The SMILES string of the molecule is CC(C)c1ccc(OC2=Cc3ccccc3-c3cc(C(C)C)ccc3O2)cc1. The first-order valence-corrected chi connectivity index (χ1v) is 9.92. The number of fused-ring (bicyclic) bond motifs is 3. The lowest BCUT2D eigenvalue weighted by molar-refractivity contribution is 0.232. The van der Waals surface area contributed by atoms with E-state index < -0.39 is 0 Å². The zero-order chi connectivity index (χ0) is 19.7. The van der Waals surface area contributed by atoms with Crippen LogP contribution in [0.4, 0.5) is 0 Å². The average Bonchev–Trinajstić information content (AvgIpc) is 2.84. The van der Waals surface area contributed by atoms with Crippen molar-refractivity contribution in [3.05, 3.63) is 89.4 Å². The van der Waals surface area contributed by atoms with Gasteiger partial charge < -0.3 is 9.47 Å². The van der Waals surface area contributed by atoms with Gasteiger partial charge in [0.25, 0.3) is 5.95 Å². The van der Waals surface area contributed by atoms with Crippen molar-refractivity contribution in [3.8, 4) is 22.6 Å². The molecule has 0 spiro atoms. The molecule has 0 aromatic heterocycles. The molecule has 3 aromatic rings. The minimum atomic E-state index is 0.462. The van der Waals surface area contributed by atoms with E-state index in [9.17, 15) is 0 Å². The summed E-state index contributed by atoms with van der Waals surface area (Å²) in [6.45, 7) is 8.79. The first-order valence-electron chi connectivity index (χ1n) is 9.92. The number of ether oxygens (including phenoxy) is 2. The van der Waals surface area contributed by atoms with E-state index in [-0.39, 0.29) is 0 Å². The van der Waals surface area contributed by atoms with Crippen LogP contribution < -0.4 is 9.47 Å². The lowest BCUT2D eigenvalue weighted by atomic mass is 9.94. The summed E-state index contributed by atoms with van der Waals surface area (Å²) in [5.74, 6) is 3.04. The van der Waals surface area contributed by atoms with E-state index in [1.165, 1.54) is 11.1 Å². The molecule has 0 unspecified atom stereocenters. The van der Waals surface area contributed by atoms with Crippen molar-refractivity contribution in [1.29, 1.82) is 0 Å². The second kappa shape index (κ2) is 7.55. The Hall–Kier alpha value is -3.00. The highest BCUT2D eigenvalue weighted by atomic mass is 16.7. The smallest absolute Gasteiger partial charge is 0.290 e. The maximum Gasteiger partial charge on any atom is 0.290 e. The summed E-state index contributed by atoms with van der Waals surface area (Å²) in [5.41, 5.74) is 5.95. The summed E-state index contributed by atoms with van der Waals surface area (Å²) < 4.78 is 12.3. The highest BCUT2D eigenvalue weighted by Gasteiger charge is 2.19. The van der Waals surface area contributed by atoms with Gasteiger partial charge in [0.1, 0.15) is 11.5 Å². The Morgan fingerprint density at radius 3 is 2.11 bits per heavy atom. The Kier molecular flexibility index (Phi) is 4.95. The molecule has 2 heteroatoms. The van der Waals surface area contributed by atoms with E-state index in [1.807, 2.05) is 30.3 Å². The molecule has 0 fully saturated rings. The molecule has 0 atom stereocenters. The fourth-order valence-electron chi connectivity index (χ4n) is 3.43. The van der Waals surface area contributed by atoms with Crippen LogP contribution >= 0.6 is 0 Å². The van der Waals surface area contributed by atoms with Gasteiger partial charge in [0, 0.05) is 11.6 Å². The summed E-state index contributed by atoms with van der Waals surface area (Å²) in [6, 6.07) is 23.0. The van der Waals surface area contributed by atoms with Gasteiger partial charge in [0.05, 0.1) is 0 Å². The van der Waals surface area contributed by atoms with E-state index in [4.69, 9.17) is 9.47 Å². The van der Waals surface area contributed by atoms with Gasteiger partial charge in [-0.15, -0.1) is 0 Å². The molecule has 0 radical (unpaired) electrons. The molecule has 3 aromatic carbocycles. The van der Waals surface area contributed by atoms with Crippen LogP contribution in [0.15, 0.2) is 72.7 Å². The summed E-state index contributed by atoms with van der Waals surface area (Å²) >= 11 is 0. The van der Waals surface area contributed by atoms with Crippen molar-refractivity contribution in [2.45, 2.75) is 39.5 Å². The largest absolute Gasteiger partial charge is 0.426 e. The summed E-state index contributed by atoms with van der Waals surface area (Å²) in [6.07, 6.45) is 1.97. The van der Waals surface area contributed by atoms with Crippen LogP contribution in [0.25, 0.3) is 17.2 Å². The van der Waals surface area contributed by atoms with Gasteiger partial charge in [-0.2, -0.15) is 0 Å². The molecule has 0 N–H and O–H groups in total. The fraction of sp³-hybridized carbons (Fsp3) is 0.231. The number of rotatable bonds is 4. The standard InChI is InChI=1S/C26H26O2/c1-17(2)19-9-12-22(13-10-19)27-26-16-21-7-5-6-8-23(21)24-15-20(18(3)4)11-14-25(24)28-26/h5-18H,1-4H3. The van der Waals surface area contributed by atoms with Crippen LogP contribution in [-0.4, -0.2) is 0 Å². The third-order valence-electron chi connectivity index (χ3n) is 5.17. The minimum absolute atomic E-state index is 0.462. The van der Waals surface area contributed by atoms with Gasteiger partial charge in [-0.1, -0.05) is 70.2 Å². The predicted octanol–water partition coefficient (Wildman–Crippen LogP) is 7.37. The van der Waals surface area contributed by atoms with Crippen LogP contribution in [0, 0.1) is 0 Å². The monoisotopic (exact) mass is 370 g/mol. The summed E-state index contributed by atoms with van der Waals surface area (Å²) in [4.78, 5) is 0. The lowest BCUT2D eigenvalue weighted by Crippen LogP contribution is -2.03. The lowest BCUT2D eigenvalue weighted by Gasteiger charge is -2.15. The topological polar surface area (TPSA) is 18.5 Å². The number of hydrogen-bond acceptors (Lipinski definition) is 2. The molecule has 28 heavy (non-hydrogen) atoms. The normalized spacial score (nSPS) is 12.7. The third kappa shape index (κ3) is 3.68. The Morgan fingerprint density at radius 1 is 0.714 bits per heavy atom. The zero-order valence-electron chi connectivity index (χ0n) is 16.9. The Morgan fingerprint density at radius 2 is 1.39 bits per heavy atom. The molecular formula is C26H26O2.